The van der Waals surface area contributed by atoms with E-state index in [4.69, 9.17) is 0 Å². The number of H-pyrrole nitrogens is 1. The molecule has 1 heterocycles. The van der Waals surface area contributed by atoms with Gasteiger partial charge in [-0.05, 0) is 18.2 Å². The van der Waals surface area contributed by atoms with Gasteiger partial charge in [0.15, 0.2) is 5.16 Å². The number of hydrogen-bond acceptors (Lipinski definition) is 5. The van der Waals surface area contributed by atoms with Crippen LogP contribution in [0.3, 0.4) is 0 Å². The van der Waals surface area contributed by atoms with Crippen LogP contribution in [-0.4, -0.2) is 21.1 Å². The second kappa shape index (κ2) is 7.22. The molecule has 0 fully saturated rings. The van der Waals surface area contributed by atoms with E-state index >= 15 is 0 Å². The highest BCUT2D eigenvalue weighted by Gasteiger charge is 2.12. The summed E-state index contributed by atoms with van der Waals surface area (Å²) in [5, 5.41) is 11.3. The zero-order valence-corrected chi connectivity index (χ0v) is 13.3. The molecule has 0 amide bonds. The molecule has 0 unspecified atom stereocenters. The minimum absolute atomic E-state index is 0.0438. The summed E-state index contributed by atoms with van der Waals surface area (Å²) in [6.07, 6.45) is 3.92. The summed E-state index contributed by atoms with van der Waals surface area (Å²) in [6.45, 7) is 2.04. The molecule has 0 aliphatic heterocycles. The summed E-state index contributed by atoms with van der Waals surface area (Å²) >= 11 is 1.40. The van der Waals surface area contributed by atoms with Gasteiger partial charge in [-0.15, -0.1) is 0 Å². The average Bonchev–Trinajstić information content (AvgIpc) is 2.51. The molecule has 1 N–H and O–H groups in total. The first kappa shape index (κ1) is 16.2. The number of aryl methyl sites for hydroxylation is 1. The number of non-ortho nitro benzene ring substituents is 1. The highest BCUT2D eigenvalue weighted by atomic mass is 32.2. The standard InChI is InChI=1S/C15H17N3O3S/c1-3-4-13-12(14(19)17-15(16-13)22-2)9-10-5-7-11(8-6-10)18(20)21/h5-8H,3-4,9H2,1-2H3,(H,16,17,19). The molecule has 1 aromatic carbocycles. The molecule has 0 spiro atoms. The summed E-state index contributed by atoms with van der Waals surface area (Å²) < 4.78 is 0. The van der Waals surface area contributed by atoms with Gasteiger partial charge in [0.25, 0.3) is 11.2 Å². The van der Waals surface area contributed by atoms with Crippen molar-refractivity contribution in [1.29, 1.82) is 0 Å². The molecule has 0 aliphatic carbocycles. The second-order valence-electron chi connectivity index (χ2n) is 4.85. The van der Waals surface area contributed by atoms with Crippen molar-refractivity contribution in [3.8, 4) is 0 Å². The van der Waals surface area contributed by atoms with Gasteiger partial charge < -0.3 is 4.98 Å². The smallest absolute Gasteiger partial charge is 0.269 e. The normalized spacial score (nSPS) is 10.6. The van der Waals surface area contributed by atoms with E-state index in [0.29, 0.717) is 17.1 Å². The highest BCUT2D eigenvalue weighted by Crippen LogP contribution is 2.17. The number of benzene rings is 1. The molecule has 0 bridgehead atoms. The van der Waals surface area contributed by atoms with Crippen LogP contribution in [0.25, 0.3) is 0 Å². The zero-order valence-electron chi connectivity index (χ0n) is 12.5. The number of thioether (sulfide) groups is 1. The molecule has 116 valence electrons. The largest absolute Gasteiger partial charge is 0.301 e. The van der Waals surface area contributed by atoms with E-state index in [1.165, 1.54) is 23.9 Å². The number of nitro groups is 1. The molecule has 0 radical (unpaired) electrons. The number of aromatic nitrogens is 2. The Balaban J connectivity index is 2.35. The van der Waals surface area contributed by atoms with Gasteiger partial charge in [-0.2, -0.15) is 0 Å². The first-order valence-electron chi connectivity index (χ1n) is 6.94. The van der Waals surface area contributed by atoms with Gasteiger partial charge in [0.2, 0.25) is 0 Å². The third kappa shape index (κ3) is 3.73. The Kier molecular flexibility index (Phi) is 5.32. The molecule has 0 aliphatic rings. The number of aromatic amines is 1. The Bertz CT molecular complexity index is 726. The molecule has 0 atom stereocenters. The fraction of sp³-hybridized carbons (Fsp3) is 0.333. The molecule has 0 saturated heterocycles. The lowest BCUT2D eigenvalue weighted by Gasteiger charge is -2.09. The van der Waals surface area contributed by atoms with Crippen LogP contribution in [-0.2, 0) is 12.8 Å². The molecule has 0 saturated carbocycles. The maximum absolute atomic E-state index is 12.3. The quantitative estimate of drug-likeness (QED) is 0.383. The molecule has 2 aromatic rings. The Labute approximate surface area is 132 Å². The predicted octanol–water partition coefficient (Wildman–Crippen LogP) is 2.94. The SMILES string of the molecule is CCCc1nc(SC)[nH]c(=O)c1Cc1ccc([N+](=O)[O-])cc1. The van der Waals surface area contributed by atoms with Crippen LogP contribution < -0.4 is 5.56 Å². The first-order chi connectivity index (χ1) is 10.5. The third-order valence-electron chi connectivity index (χ3n) is 3.29. The summed E-state index contributed by atoms with van der Waals surface area (Å²) in [5.74, 6) is 0. The topological polar surface area (TPSA) is 88.9 Å². The lowest BCUT2D eigenvalue weighted by Crippen LogP contribution is -2.19. The van der Waals surface area contributed by atoms with Crippen LogP contribution in [0.4, 0.5) is 5.69 Å². The number of nitrogens with zero attached hydrogens (tertiary/aromatic N) is 2. The summed E-state index contributed by atoms with van der Waals surface area (Å²) in [4.78, 5) is 29.7. The van der Waals surface area contributed by atoms with Gasteiger partial charge in [0.1, 0.15) is 0 Å². The Hall–Kier alpha value is -2.15. The molecule has 6 nitrogen and oxygen atoms in total. The van der Waals surface area contributed by atoms with Gasteiger partial charge in [-0.3, -0.25) is 14.9 Å². The van der Waals surface area contributed by atoms with Crippen molar-refractivity contribution in [3.05, 3.63) is 61.6 Å². The molecule has 2 rings (SSSR count). The van der Waals surface area contributed by atoms with Gasteiger partial charge >= 0.3 is 0 Å². The van der Waals surface area contributed by atoms with Crippen molar-refractivity contribution in [2.24, 2.45) is 0 Å². The monoisotopic (exact) mass is 319 g/mol. The van der Waals surface area contributed by atoms with E-state index in [1.54, 1.807) is 12.1 Å². The maximum atomic E-state index is 12.3. The van der Waals surface area contributed by atoms with Crippen LogP contribution in [0.1, 0.15) is 30.2 Å². The number of nitro benzene ring substituents is 1. The molecule has 7 heteroatoms. The summed E-state index contributed by atoms with van der Waals surface area (Å²) in [7, 11) is 0. The summed E-state index contributed by atoms with van der Waals surface area (Å²) in [6, 6.07) is 6.25. The number of rotatable bonds is 6. The van der Waals surface area contributed by atoms with E-state index in [-0.39, 0.29) is 11.2 Å². The first-order valence-corrected chi connectivity index (χ1v) is 8.17. The van der Waals surface area contributed by atoms with Crippen molar-refractivity contribution in [2.45, 2.75) is 31.3 Å². The lowest BCUT2D eigenvalue weighted by molar-refractivity contribution is -0.384. The van der Waals surface area contributed by atoms with E-state index in [1.807, 2.05) is 13.2 Å². The maximum Gasteiger partial charge on any atom is 0.269 e. The van der Waals surface area contributed by atoms with Crippen LogP contribution in [0.5, 0.6) is 0 Å². The van der Waals surface area contributed by atoms with Gasteiger partial charge in [0.05, 0.1) is 10.6 Å². The summed E-state index contributed by atoms with van der Waals surface area (Å²) in [5.41, 5.74) is 2.19. The highest BCUT2D eigenvalue weighted by molar-refractivity contribution is 7.98. The molecular weight excluding hydrogens is 302 g/mol. The van der Waals surface area contributed by atoms with Crippen molar-refractivity contribution >= 4 is 17.4 Å². The number of hydrogen-bond donors (Lipinski definition) is 1. The Morgan fingerprint density at radius 3 is 2.55 bits per heavy atom. The number of nitrogens with one attached hydrogen (secondary N) is 1. The second-order valence-corrected chi connectivity index (χ2v) is 5.65. The van der Waals surface area contributed by atoms with Crippen LogP contribution in [0.2, 0.25) is 0 Å². The van der Waals surface area contributed by atoms with Gasteiger partial charge in [0, 0.05) is 24.1 Å². The van der Waals surface area contributed by atoms with E-state index < -0.39 is 4.92 Å². The van der Waals surface area contributed by atoms with Gasteiger partial charge in [-0.25, -0.2) is 4.98 Å². The minimum Gasteiger partial charge on any atom is -0.301 e. The Morgan fingerprint density at radius 2 is 2.00 bits per heavy atom. The van der Waals surface area contributed by atoms with Crippen LogP contribution in [0.15, 0.2) is 34.2 Å². The van der Waals surface area contributed by atoms with Crippen molar-refractivity contribution in [3.63, 3.8) is 0 Å². The van der Waals surface area contributed by atoms with Gasteiger partial charge in [-0.1, -0.05) is 37.2 Å². The predicted molar refractivity (Wildman–Crippen MR) is 86.5 cm³/mol. The fourth-order valence-electron chi connectivity index (χ4n) is 2.18. The van der Waals surface area contributed by atoms with Crippen molar-refractivity contribution in [2.75, 3.05) is 6.26 Å². The average molecular weight is 319 g/mol. The minimum atomic E-state index is -0.437. The van der Waals surface area contributed by atoms with Crippen LogP contribution >= 0.6 is 11.8 Å². The van der Waals surface area contributed by atoms with Crippen molar-refractivity contribution in [1.82, 2.24) is 9.97 Å². The molecule has 22 heavy (non-hydrogen) atoms. The van der Waals surface area contributed by atoms with E-state index in [2.05, 4.69) is 9.97 Å². The van der Waals surface area contributed by atoms with Crippen molar-refractivity contribution < 1.29 is 4.92 Å². The zero-order chi connectivity index (χ0) is 16.1. The third-order valence-corrected chi connectivity index (χ3v) is 3.87. The molecular formula is C15H17N3O3S. The van der Waals surface area contributed by atoms with Crippen LogP contribution in [0, 0.1) is 10.1 Å². The Morgan fingerprint density at radius 1 is 1.32 bits per heavy atom. The van der Waals surface area contributed by atoms with E-state index in [0.717, 1.165) is 24.1 Å². The van der Waals surface area contributed by atoms with E-state index in [9.17, 15) is 14.9 Å². The lowest BCUT2D eigenvalue weighted by atomic mass is 10.0. The fourth-order valence-corrected chi connectivity index (χ4v) is 2.58. The molecule has 1 aromatic heterocycles.